The highest BCUT2D eigenvalue weighted by Crippen LogP contribution is 2.42. The average Bonchev–Trinajstić information content (AvgIpc) is 3.35. The lowest BCUT2D eigenvalue weighted by atomic mass is 9.87. The number of carbonyl (C=O) groups excluding carboxylic acids is 1. The molecule has 4 nitrogen and oxygen atoms in total. The van der Waals surface area contributed by atoms with E-state index >= 15 is 0 Å². The van der Waals surface area contributed by atoms with Gasteiger partial charge in [-0.25, -0.2) is 4.98 Å². The number of methoxy groups -OCH3 is 1. The maximum atomic E-state index is 13.2. The lowest BCUT2D eigenvalue weighted by Crippen LogP contribution is -2.44. The number of rotatable bonds is 6. The van der Waals surface area contributed by atoms with Crippen LogP contribution in [0, 0.1) is 6.92 Å². The molecule has 1 fully saturated rings. The summed E-state index contributed by atoms with van der Waals surface area (Å²) in [6, 6.07) is 18.2. The summed E-state index contributed by atoms with van der Waals surface area (Å²) in [5, 5.41) is 4.34. The van der Waals surface area contributed by atoms with Gasteiger partial charge in [0.25, 0.3) is 0 Å². The van der Waals surface area contributed by atoms with Crippen molar-refractivity contribution in [1.82, 2.24) is 10.3 Å². The molecule has 1 aliphatic rings. The third kappa shape index (κ3) is 4.06. The number of benzene rings is 2. The molecule has 1 saturated carbocycles. The van der Waals surface area contributed by atoms with Crippen LogP contribution in [-0.4, -0.2) is 18.0 Å². The number of carbonyl (C=O) groups is 1. The van der Waals surface area contributed by atoms with Crippen LogP contribution in [0.15, 0.2) is 54.6 Å². The molecular formula is C24H26N2O2S. The van der Waals surface area contributed by atoms with Crippen LogP contribution in [0.1, 0.15) is 41.9 Å². The Morgan fingerprint density at radius 2 is 1.79 bits per heavy atom. The number of aromatic nitrogens is 1. The molecule has 2 aromatic carbocycles. The van der Waals surface area contributed by atoms with Crippen molar-refractivity contribution in [3.8, 4) is 16.2 Å². The van der Waals surface area contributed by atoms with E-state index in [4.69, 9.17) is 4.74 Å². The number of nitrogens with one attached hydrogen (secondary N) is 1. The Bertz CT molecular complexity index is 991. The number of hydrogen-bond acceptors (Lipinski definition) is 4. The Hall–Kier alpha value is -2.66. The fourth-order valence-electron chi connectivity index (χ4n) is 4.35. The fourth-order valence-corrected chi connectivity index (χ4v) is 5.29. The van der Waals surface area contributed by atoms with Gasteiger partial charge in [0.15, 0.2) is 0 Å². The minimum Gasteiger partial charge on any atom is -0.496 e. The van der Waals surface area contributed by atoms with Crippen molar-refractivity contribution < 1.29 is 9.53 Å². The first-order valence-corrected chi connectivity index (χ1v) is 10.9. The van der Waals surface area contributed by atoms with E-state index in [-0.39, 0.29) is 17.9 Å². The summed E-state index contributed by atoms with van der Waals surface area (Å²) in [6.07, 6.45) is 4.35. The van der Waals surface area contributed by atoms with E-state index in [9.17, 15) is 4.79 Å². The van der Waals surface area contributed by atoms with Gasteiger partial charge in [0.2, 0.25) is 5.91 Å². The van der Waals surface area contributed by atoms with Gasteiger partial charge in [0.1, 0.15) is 5.75 Å². The molecule has 1 amide bonds. The van der Waals surface area contributed by atoms with E-state index in [1.54, 1.807) is 18.4 Å². The van der Waals surface area contributed by atoms with Gasteiger partial charge >= 0.3 is 0 Å². The number of thiazole rings is 1. The molecule has 0 aliphatic heterocycles. The number of ether oxygens (including phenoxy) is 1. The van der Waals surface area contributed by atoms with E-state index in [1.165, 1.54) is 0 Å². The number of hydrogen-bond donors (Lipinski definition) is 1. The van der Waals surface area contributed by atoms with Crippen LogP contribution in [0.2, 0.25) is 0 Å². The summed E-state index contributed by atoms with van der Waals surface area (Å²) in [7, 11) is 1.69. The van der Waals surface area contributed by atoms with Crippen LogP contribution in [0.3, 0.4) is 0 Å². The predicted molar refractivity (Wildman–Crippen MR) is 117 cm³/mol. The molecule has 3 aromatic rings. The largest absolute Gasteiger partial charge is 0.496 e. The average molecular weight is 407 g/mol. The normalized spacial score (nSPS) is 15.2. The van der Waals surface area contributed by atoms with E-state index in [0.717, 1.165) is 58.1 Å². The summed E-state index contributed by atoms with van der Waals surface area (Å²) in [6.45, 7) is 1.99. The lowest BCUT2D eigenvalue weighted by Gasteiger charge is -2.32. The Labute approximate surface area is 176 Å². The van der Waals surface area contributed by atoms with Crippen LogP contribution >= 0.6 is 11.3 Å². The van der Waals surface area contributed by atoms with Gasteiger partial charge in [-0.15, -0.1) is 11.3 Å². The van der Waals surface area contributed by atoms with Crippen LogP contribution in [0.5, 0.6) is 5.75 Å². The van der Waals surface area contributed by atoms with E-state index in [2.05, 4.69) is 28.5 Å². The molecule has 0 saturated heterocycles. The molecule has 4 rings (SSSR count). The standard InChI is InChI=1S/C24H26N2O2S/c1-17-25-20(23(29-17)18-10-4-3-5-11-18)16-22(27)26-24(14-8-9-15-24)19-12-6-7-13-21(19)28-2/h3-7,10-13H,8-9,14-16H2,1-2H3,(H,26,27). The van der Waals surface area contributed by atoms with Crippen LogP contribution in [0.4, 0.5) is 0 Å². The zero-order valence-corrected chi connectivity index (χ0v) is 17.7. The number of amides is 1. The van der Waals surface area contributed by atoms with Crippen molar-refractivity contribution in [2.75, 3.05) is 7.11 Å². The van der Waals surface area contributed by atoms with E-state index in [0.29, 0.717) is 0 Å². The third-order valence-electron chi connectivity index (χ3n) is 5.63. The van der Waals surface area contributed by atoms with Gasteiger partial charge in [-0.2, -0.15) is 0 Å². The highest BCUT2D eigenvalue weighted by molar-refractivity contribution is 7.15. The summed E-state index contributed by atoms with van der Waals surface area (Å²) in [5.41, 5.74) is 2.68. The first-order valence-electron chi connectivity index (χ1n) is 10.1. The van der Waals surface area contributed by atoms with Crippen molar-refractivity contribution in [3.63, 3.8) is 0 Å². The Morgan fingerprint density at radius 3 is 2.52 bits per heavy atom. The molecule has 1 N–H and O–H groups in total. The molecular weight excluding hydrogens is 380 g/mol. The fraction of sp³-hybridized carbons (Fsp3) is 0.333. The topological polar surface area (TPSA) is 51.2 Å². The highest BCUT2D eigenvalue weighted by atomic mass is 32.1. The summed E-state index contributed by atoms with van der Waals surface area (Å²) in [5.74, 6) is 0.851. The molecule has 0 spiro atoms. The quantitative estimate of drug-likeness (QED) is 0.608. The Kier molecular flexibility index (Phi) is 5.67. The van der Waals surface area contributed by atoms with Crippen molar-refractivity contribution in [1.29, 1.82) is 0 Å². The summed E-state index contributed by atoms with van der Waals surface area (Å²) >= 11 is 1.64. The Balaban J connectivity index is 1.59. The first kappa shape index (κ1) is 19.6. The minimum atomic E-state index is -0.359. The second kappa shape index (κ2) is 8.37. The molecule has 29 heavy (non-hydrogen) atoms. The van der Waals surface area contributed by atoms with Gasteiger partial charge in [0, 0.05) is 5.56 Å². The van der Waals surface area contributed by atoms with Crippen LogP contribution in [-0.2, 0) is 16.8 Å². The molecule has 150 valence electrons. The molecule has 5 heteroatoms. The second-order valence-electron chi connectivity index (χ2n) is 7.59. The minimum absolute atomic E-state index is 0.0142. The van der Waals surface area contributed by atoms with Crippen molar-refractivity contribution in [2.24, 2.45) is 0 Å². The smallest absolute Gasteiger partial charge is 0.226 e. The molecule has 1 aliphatic carbocycles. The second-order valence-corrected chi connectivity index (χ2v) is 8.79. The zero-order valence-electron chi connectivity index (χ0n) is 16.9. The molecule has 1 aromatic heterocycles. The lowest BCUT2D eigenvalue weighted by molar-refractivity contribution is -0.122. The van der Waals surface area contributed by atoms with Crippen LogP contribution in [0.25, 0.3) is 10.4 Å². The van der Waals surface area contributed by atoms with Crippen molar-refractivity contribution in [2.45, 2.75) is 44.6 Å². The van der Waals surface area contributed by atoms with Gasteiger partial charge in [-0.1, -0.05) is 61.4 Å². The van der Waals surface area contributed by atoms with Gasteiger partial charge in [-0.3, -0.25) is 4.79 Å². The number of aryl methyl sites for hydroxylation is 1. The van der Waals surface area contributed by atoms with Gasteiger partial charge in [-0.05, 0) is 31.4 Å². The van der Waals surface area contributed by atoms with E-state index in [1.807, 2.05) is 43.3 Å². The predicted octanol–water partition coefficient (Wildman–Crippen LogP) is 5.26. The molecule has 1 heterocycles. The van der Waals surface area contributed by atoms with E-state index < -0.39 is 0 Å². The van der Waals surface area contributed by atoms with Crippen LogP contribution < -0.4 is 10.1 Å². The molecule has 0 unspecified atom stereocenters. The van der Waals surface area contributed by atoms with Crippen molar-refractivity contribution in [3.05, 3.63) is 70.9 Å². The summed E-state index contributed by atoms with van der Waals surface area (Å²) in [4.78, 5) is 18.9. The highest BCUT2D eigenvalue weighted by Gasteiger charge is 2.39. The molecule has 0 radical (unpaired) electrons. The first-order chi connectivity index (χ1) is 14.1. The van der Waals surface area contributed by atoms with Crippen molar-refractivity contribution >= 4 is 17.2 Å². The maximum absolute atomic E-state index is 13.2. The third-order valence-corrected chi connectivity index (χ3v) is 6.69. The molecule has 0 bridgehead atoms. The maximum Gasteiger partial charge on any atom is 0.226 e. The zero-order chi connectivity index (χ0) is 20.3. The number of nitrogens with zero attached hydrogens (tertiary/aromatic N) is 1. The number of para-hydroxylation sites is 1. The monoisotopic (exact) mass is 406 g/mol. The Morgan fingerprint density at radius 1 is 1.10 bits per heavy atom. The summed E-state index contributed by atoms with van der Waals surface area (Å²) < 4.78 is 5.60. The van der Waals surface area contributed by atoms with Gasteiger partial charge < -0.3 is 10.1 Å². The SMILES string of the molecule is COc1ccccc1C1(NC(=O)Cc2nc(C)sc2-c2ccccc2)CCCC1. The van der Waals surface area contributed by atoms with Gasteiger partial charge in [0.05, 0.1) is 34.6 Å². The molecule has 0 atom stereocenters.